The van der Waals surface area contributed by atoms with Gasteiger partial charge in [0, 0.05) is 5.02 Å². The van der Waals surface area contributed by atoms with Crippen LogP contribution in [-0.2, 0) is 9.53 Å². The number of unbranched alkanes of at least 4 members (excludes halogenated alkanes) is 1. The molecule has 0 aliphatic heterocycles. The van der Waals surface area contributed by atoms with Gasteiger partial charge in [-0.05, 0) is 32.1 Å². The van der Waals surface area contributed by atoms with Gasteiger partial charge in [0.15, 0.2) is 0 Å². The summed E-state index contributed by atoms with van der Waals surface area (Å²) in [6.45, 7) is 3.12. The summed E-state index contributed by atoms with van der Waals surface area (Å²) < 4.78 is 4.68. The lowest BCUT2D eigenvalue weighted by atomic mass is 10.1. The molecule has 1 rings (SSSR count). The lowest BCUT2D eigenvalue weighted by molar-refractivity contribution is -0.117. The maximum Gasteiger partial charge on any atom is 0.340 e. The highest BCUT2D eigenvalue weighted by Gasteiger charge is 2.19. The van der Waals surface area contributed by atoms with E-state index >= 15 is 0 Å². The normalized spacial score (nSPS) is 10.6. The maximum absolute atomic E-state index is 12.1. The summed E-state index contributed by atoms with van der Waals surface area (Å²) in [5, 5.41) is 3.14. The molecule has 0 fully saturated rings. The summed E-state index contributed by atoms with van der Waals surface area (Å²) in [4.78, 5) is 25.8. The zero-order valence-electron chi connectivity index (χ0n) is 12.9. The molecule has 22 heavy (non-hydrogen) atoms. The van der Waals surface area contributed by atoms with Gasteiger partial charge in [-0.2, -0.15) is 0 Å². The number of ether oxygens (including phenoxy) is 1. The highest BCUT2D eigenvalue weighted by atomic mass is 35.5. The van der Waals surface area contributed by atoms with Gasteiger partial charge in [0.25, 0.3) is 0 Å². The first-order chi connectivity index (χ1) is 10.4. The van der Waals surface area contributed by atoms with Crippen LogP contribution in [0.1, 0.15) is 30.1 Å². The smallest absolute Gasteiger partial charge is 0.340 e. The average Bonchev–Trinajstić information content (AvgIpc) is 2.46. The Labute approximate surface area is 140 Å². The molecule has 0 heterocycles. The van der Waals surface area contributed by atoms with Crippen LogP contribution in [0.25, 0.3) is 0 Å². The predicted octanol–water partition coefficient (Wildman–Crippen LogP) is 3.45. The van der Waals surface area contributed by atoms with Gasteiger partial charge in [-0.1, -0.05) is 36.5 Å². The molecule has 7 heteroatoms. The van der Waals surface area contributed by atoms with Crippen LogP contribution in [0, 0.1) is 0 Å². The number of amides is 1. The third-order valence-electron chi connectivity index (χ3n) is 3.03. The van der Waals surface area contributed by atoms with Crippen molar-refractivity contribution in [2.75, 3.05) is 32.6 Å². The van der Waals surface area contributed by atoms with Crippen molar-refractivity contribution in [3.63, 3.8) is 0 Å². The first-order valence-corrected chi connectivity index (χ1v) is 7.70. The molecule has 0 bridgehead atoms. The summed E-state index contributed by atoms with van der Waals surface area (Å²) in [6.07, 6.45) is 2.07. The fourth-order valence-electron chi connectivity index (χ4n) is 1.90. The fraction of sp³-hybridized carbons (Fsp3) is 0.467. The van der Waals surface area contributed by atoms with Crippen molar-refractivity contribution < 1.29 is 14.3 Å². The van der Waals surface area contributed by atoms with E-state index in [1.807, 2.05) is 11.9 Å². The van der Waals surface area contributed by atoms with Gasteiger partial charge >= 0.3 is 5.97 Å². The van der Waals surface area contributed by atoms with Crippen LogP contribution in [0.4, 0.5) is 5.69 Å². The molecule has 1 aromatic carbocycles. The number of anilines is 1. The van der Waals surface area contributed by atoms with Gasteiger partial charge in [0.1, 0.15) is 0 Å². The highest BCUT2D eigenvalue weighted by molar-refractivity contribution is 6.37. The fourth-order valence-corrected chi connectivity index (χ4v) is 2.44. The van der Waals surface area contributed by atoms with Crippen molar-refractivity contribution in [3.05, 3.63) is 27.7 Å². The molecule has 0 spiro atoms. The van der Waals surface area contributed by atoms with Crippen LogP contribution in [0.15, 0.2) is 12.1 Å². The van der Waals surface area contributed by atoms with E-state index in [0.717, 1.165) is 19.4 Å². The van der Waals surface area contributed by atoms with Gasteiger partial charge in [-0.25, -0.2) is 4.79 Å². The van der Waals surface area contributed by atoms with E-state index in [-0.39, 0.29) is 28.7 Å². The second-order valence-electron chi connectivity index (χ2n) is 4.94. The van der Waals surface area contributed by atoms with Crippen LogP contribution >= 0.6 is 23.2 Å². The molecular formula is C15H20Cl2N2O3. The first kappa shape index (κ1) is 18.7. The predicted molar refractivity (Wildman–Crippen MR) is 88.8 cm³/mol. The van der Waals surface area contributed by atoms with E-state index in [1.54, 1.807) is 0 Å². The van der Waals surface area contributed by atoms with Gasteiger partial charge in [0.05, 0.1) is 29.9 Å². The molecule has 0 unspecified atom stereocenters. The van der Waals surface area contributed by atoms with Gasteiger partial charge in [-0.15, -0.1) is 0 Å². The Morgan fingerprint density at radius 3 is 2.59 bits per heavy atom. The van der Waals surface area contributed by atoms with Crippen LogP contribution in [-0.4, -0.2) is 44.0 Å². The molecule has 0 saturated carbocycles. The molecule has 1 amide bonds. The number of hydrogen-bond acceptors (Lipinski definition) is 4. The number of methoxy groups -OCH3 is 1. The second-order valence-corrected chi connectivity index (χ2v) is 5.78. The first-order valence-electron chi connectivity index (χ1n) is 6.94. The Bertz CT molecular complexity index is 550. The molecule has 0 saturated heterocycles. The number of carbonyl (C=O) groups is 2. The Kier molecular flexibility index (Phi) is 7.65. The quantitative estimate of drug-likeness (QED) is 0.768. The van der Waals surface area contributed by atoms with Crippen molar-refractivity contribution in [2.24, 2.45) is 0 Å². The third kappa shape index (κ3) is 5.48. The summed E-state index contributed by atoms with van der Waals surface area (Å²) in [5.74, 6) is -0.869. The number of carbonyl (C=O) groups excluding carboxylic acids is 2. The number of halogens is 2. The number of nitrogens with zero attached hydrogens (tertiary/aromatic N) is 1. The largest absolute Gasteiger partial charge is 0.465 e. The van der Waals surface area contributed by atoms with Crippen LogP contribution in [0.5, 0.6) is 0 Å². The van der Waals surface area contributed by atoms with Gasteiger partial charge < -0.3 is 10.1 Å². The van der Waals surface area contributed by atoms with E-state index in [4.69, 9.17) is 23.2 Å². The third-order valence-corrected chi connectivity index (χ3v) is 3.55. The van der Waals surface area contributed by atoms with Crippen molar-refractivity contribution in [2.45, 2.75) is 19.8 Å². The van der Waals surface area contributed by atoms with Gasteiger partial charge in [0.2, 0.25) is 5.91 Å². The SMILES string of the molecule is CCCCN(C)CC(=O)Nc1c(Cl)cc(Cl)cc1C(=O)OC. The minimum absolute atomic E-state index is 0.129. The van der Waals surface area contributed by atoms with E-state index in [0.29, 0.717) is 5.02 Å². The van der Waals surface area contributed by atoms with Crippen molar-refractivity contribution in [1.82, 2.24) is 4.90 Å². The molecule has 5 nitrogen and oxygen atoms in total. The van der Waals surface area contributed by atoms with E-state index in [1.165, 1.54) is 19.2 Å². The zero-order valence-corrected chi connectivity index (χ0v) is 14.4. The topological polar surface area (TPSA) is 58.6 Å². The van der Waals surface area contributed by atoms with Crippen molar-refractivity contribution >= 4 is 40.8 Å². The van der Waals surface area contributed by atoms with Crippen LogP contribution in [0.2, 0.25) is 10.0 Å². The van der Waals surface area contributed by atoms with E-state index in [2.05, 4.69) is 17.0 Å². The van der Waals surface area contributed by atoms with Crippen molar-refractivity contribution in [3.8, 4) is 0 Å². The summed E-state index contributed by atoms with van der Waals surface area (Å²) >= 11 is 12.0. The molecule has 1 aromatic rings. The summed E-state index contributed by atoms with van der Waals surface area (Å²) in [5.41, 5.74) is 0.344. The monoisotopic (exact) mass is 346 g/mol. The lowest BCUT2D eigenvalue weighted by Crippen LogP contribution is -2.31. The standard InChI is InChI=1S/C15H20Cl2N2O3/c1-4-5-6-19(2)9-13(20)18-14-11(15(21)22-3)7-10(16)8-12(14)17/h7-8H,4-6,9H2,1-3H3,(H,18,20). The van der Waals surface area contributed by atoms with Crippen LogP contribution < -0.4 is 5.32 Å². The van der Waals surface area contributed by atoms with E-state index in [9.17, 15) is 9.59 Å². The average molecular weight is 347 g/mol. The molecule has 0 radical (unpaired) electrons. The molecule has 0 aromatic heterocycles. The molecule has 0 aliphatic rings. The molecule has 122 valence electrons. The summed E-state index contributed by atoms with van der Waals surface area (Å²) in [6, 6.07) is 2.88. The number of esters is 1. The van der Waals surface area contributed by atoms with E-state index < -0.39 is 5.97 Å². The van der Waals surface area contributed by atoms with Crippen LogP contribution in [0.3, 0.4) is 0 Å². The number of nitrogens with one attached hydrogen (secondary N) is 1. The maximum atomic E-state index is 12.1. The molecule has 1 N–H and O–H groups in total. The Hall–Kier alpha value is -1.30. The Morgan fingerprint density at radius 1 is 1.32 bits per heavy atom. The van der Waals surface area contributed by atoms with Crippen molar-refractivity contribution in [1.29, 1.82) is 0 Å². The lowest BCUT2D eigenvalue weighted by Gasteiger charge is -2.17. The number of hydrogen-bond donors (Lipinski definition) is 1. The molecule has 0 atom stereocenters. The number of benzene rings is 1. The number of likely N-dealkylation sites (N-methyl/N-ethyl adjacent to an activating group) is 1. The molecule has 0 aliphatic carbocycles. The van der Waals surface area contributed by atoms with Gasteiger partial charge in [-0.3, -0.25) is 9.69 Å². The highest BCUT2D eigenvalue weighted by Crippen LogP contribution is 2.30. The molecular weight excluding hydrogens is 327 g/mol. The zero-order chi connectivity index (χ0) is 16.7. The Morgan fingerprint density at radius 2 is 2.00 bits per heavy atom. The summed E-state index contributed by atoms with van der Waals surface area (Å²) in [7, 11) is 3.11. The number of rotatable bonds is 7. The minimum Gasteiger partial charge on any atom is -0.465 e. The second kappa shape index (κ2) is 8.98. The minimum atomic E-state index is -0.612. The Balaban J connectivity index is 2.88.